The van der Waals surface area contributed by atoms with Gasteiger partial charge in [-0.3, -0.25) is 4.79 Å². The molecule has 0 saturated heterocycles. The van der Waals surface area contributed by atoms with Crippen molar-refractivity contribution in [2.75, 3.05) is 0 Å². The van der Waals surface area contributed by atoms with Crippen molar-refractivity contribution in [3.05, 3.63) is 59.9 Å². The molecule has 28 heavy (non-hydrogen) atoms. The number of aromatic nitrogens is 1. The summed E-state index contributed by atoms with van der Waals surface area (Å²) in [7, 11) is -3.91. The quantitative estimate of drug-likeness (QED) is 0.675. The van der Waals surface area contributed by atoms with Crippen LogP contribution < -0.4 is 4.72 Å². The molecule has 0 saturated carbocycles. The van der Waals surface area contributed by atoms with Gasteiger partial charge in [-0.05, 0) is 36.6 Å². The van der Waals surface area contributed by atoms with Crippen LogP contribution in [-0.2, 0) is 21.2 Å². The molecule has 1 N–H and O–H groups in total. The van der Waals surface area contributed by atoms with Crippen LogP contribution in [0.15, 0.2) is 57.9 Å². The zero-order chi connectivity index (χ0) is 20.3. The van der Waals surface area contributed by atoms with Gasteiger partial charge in [-0.25, -0.2) is 13.1 Å². The van der Waals surface area contributed by atoms with Gasteiger partial charge in [0.15, 0.2) is 0 Å². The summed E-state index contributed by atoms with van der Waals surface area (Å²) < 4.78 is 32.7. The lowest BCUT2D eigenvalue weighted by molar-refractivity contribution is -0.119. The summed E-state index contributed by atoms with van der Waals surface area (Å²) in [6.07, 6.45) is 0.592. The molecule has 0 radical (unpaired) electrons. The Morgan fingerprint density at radius 3 is 2.43 bits per heavy atom. The maximum atomic E-state index is 12.6. The van der Waals surface area contributed by atoms with Crippen LogP contribution >= 0.6 is 0 Å². The molecule has 0 unspecified atom stereocenters. The van der Waals surface area contributed by atoms with E-state index in [0.29, 0.717) is 23.4 Å². The first-order valence-corrected chi connectivity index (χ1v) is 10.6. The number of hydrogen-bond acceptors (Lipinski definition) is 5. The van der Waals surface area contributed by atoms with E-state index < -0.39 is 15.9 Å². The summed E-state index contributed by atoms with van der Waals surface area (Å²) in [6.45, 7) is 5.30. The van der Waals surface area contributed by atoms with Crippen molar-refractivity contribution in [3.63, 3.8) is 0 Å². The molecule has 1 aromatic heterocycles. The first-order valence-electron chi connectivity index (χ1n) is 9.08. The Bertz CT molecular complexity index is 1100. The normalized spacial score (nSPS) is 11.4. The Morgan fingerprint density at radius 2 is 1.79 bits per heavy atom. The summed E-state index contributed by atoms with van der Waals surface area (Å²) >= 11 is 0. The van der Waals surface area contributed by atoms with Crippen LogP contribution in [0.5, 0.6) is 0 Å². The third-order valence-electron chi connectivity index (χ3n) is 4.50. The molecule has 7 heteroatoms. The fraction of sp³-hybridized carbons (Fsp3) is 0.238. The second kappa shape index (κ2) is 7.98. The number of hydrogen-bond donors (Lipinski definition) is 1. The molecule has 3 aromatic rings. The number of benzene rings is 2. The SMILES string of the molecule is CCC(=O)NS(=O)(=O)c1ccc(-c2c(-c3ccccc3)noc2C)cc1CC. The van der Waals surface area contributed by atoms with Crippen molar-refractivity contribution in [1.29, 1.82) is 0 Å². The molecule has 0 aliphatic heterocycles. The molecule has 3 rings (SSSR count). The zero-order valence-electron chi connectivity index (χ0n) is 16.0. The first-order chi connectivity index (χ1) is 13.4. The van der Waals surface area contributed by atoms with Crippen LogP contribution in [0.2, 0.25) is 0 Å². The Morgan fingerprint density at radius 1 is 1.07 bits per heavy atom. The second-order valence-corrected chi connectivity index (χ2v) is 8.04. The Kier molecular flexibility index (Phi) is 5.65. The monoisotopic (exact) mass is 398 g/mol. The van der Waals surface area contributed by atoms with Crippen LogP contribution in [-0.4, -0.2) is 19.5 Å². The Hall–Kier alpha value is -2.93. The highest BCUT2D eigenvalue weighted by atomic mass is 32.2. The van der Waals surface area contributed by atoms with Gasteiger partial charge in [0.05, 0.1) is 10.5 Å². The Labute approximate surface area is 164 Å². The molecular weight excluding hydrogens is 376 g/mol. The third kappa shape index (κ3) is 3.84. The first kappa shape index (κ1) is 19.8. The minimum absolute atomic E-state index is 0.0963. The van der Waals surface area contributed by atoms with Gasteiger partial charge >= 0.3 is 0 Å². The number of carbonyl (C=O) groups is 1. The number of nitrogens with zero attached hydrogens (tertiary/aromatic N) is 1. The molecule has 0 atom stereocenters. The average molecular weight is 398 g/mol. The number of nitrogens with one attached hydrogen (secondary N) is 1. The van der Waals surface area contributed by atoms with Crippen LogP contribution in [0.4, 0.5) is 0 Å². The van der Waals surface area contributed by atoms with E-state index in [0.717, 1.165) is 16.7 Å². The molecule has 0 spiro atoms. The third-order valence-corrected chi connectivity index (χ3v) is 5.97. The van der Waals surface area contributed by atoms with E-state index in [2.05, 4.69) is 9.88 Å². The summed E-state index contributed by atoms with van der Waals surface area (Å²) in [6, 6.07) is 14.7. The van der Waals surface area contributed by atoms with Crippen LogP contribution in [0.25, 0.3) is 22.4 Å². The van der Waals surface area contributed by atoms with Crippen LogP contribution in [0.1, 0.15) is 31.6 Å². The molecule has 0 aliphatic rings. The van der Waals surface area contributed by atoms with Gasteiger partial charge in [-0.15, -0.1) is 0 Å². The minimum Gasteiger partial charge on any atom is -0.360 e. The topological polar surface area (TPSA) is 89.3 Å². The molecule has 6 nitrogen and oxygen atoms in total. The maximum absolute atomic E-state index is 12.6. The molecule has 1 amide bonds. The lowest BCUT2D eigenvalue weighted by Gasteiger charge is -2.12. The summed E-state index contributed by atoms with van der Waals surface area (Å²) in [5, 5.41) is 4.19. The Balaban J connectivity index is 2.10. The number of rotatable bonds is 6. The van der Waals surface area contributed by atoms with Gasteiger partial charge in [0.1, 0.15) is 11.5 Å². The van der Waals surface area contributed by atoms with E-state index >= 15 is 0 Å². The summed E-state index contributed by atoms with van der Waals surface area (Å²) in [5.74, 6) is 0.114. The van der Waals surface area contributed by atoms with Gasteiger partial charge in [0.25, 0.3) is 10.0 Å². The van der Waals surface area contributed by atoms with Crippen LogP contribution in [0.3, 0.4) is 0 Å². The molecule has 0 bridgehead atoms. The molecule has 0 fully saturated rings. The predicted octanol–water partition coefficient (Wildman–Crippen LogP) is 4.09. The van der Waals surface area contributed by atoms with Crippen molar-refractivity contribution in [2.24, 2.45) is 0 Å². The highest BCUT2D eigenvalue weighted by Gasteiger charge is 2.22. The van der Waals surface area contributed by atoms with E-state index in [1.165, 1.54) is 6.07 Å². The van der Waals surface area contributed by atoms with Gasteiger partial charge in [0, 0.05) is 12.0 Å². The number of amides is 1. The predicted molar refractivity (Wildman–Crippen MR) is 107 cm³/mol. The van der Waals surface area contributed by atoms with E-state index in [-0.39, 0.29) is 11.3 Å². The molecule has 146 valence electrons. The van der Waals surface area contributed by atoms with Crippen molar-refractivity contribution >= 4 is 15.9 Å². The molecule has 0 aliphatic carbocycles. The second-order valence-electron chi connectivity index (χ2n) is 6.39. The van der Waals surface area contributed by atoms with Gasteiger partial charge < -0.3 is 4.52 Å². The fourth-order valence-electron chi connectivity index (χ4n) is 3.06. The fourth-order valence-corrected chi connectivity index (χ4v) is 4.41. The van der Waals surface area contributed by atoms with Gasteiger partial charge in [-0.2, -0.15) is 0 Å². The highest BCUT2D eigenvalue weighted by molar-refractivity contribution is 7.90. The van der Waals surface area contributed by atoms with E-state index in [4.69, 9.17) is 4.52 Å². The largest absolute Gasteiger partial charge is 0.360 e. The summed E-state index contributed by atoms with van der Waals surface area (Å²) in [4.78, 5) is 11.7. The molecule has 2 aromatic carbocycles. The van der Waals surface area contributed by atoms with Crippen molar-refractivity contribution in [3.8, 4) is 22.4 Å². The van der Waals surface area contributed by atoms with E-state index in [1.54, 1.807) is 13.0 Å². The maximum Gasteiger partial charge on any atom is 0.264 e. The number of carbonyl (C=O) groups excluding carboxylic acids is 1. The van der Waals surface area contributed by atoms with E-state index in [9.17, 15) is 13.2 Å². The average Bonchev–Trinajstić information content (AvgIpc) is 3.09. The van der Waals surface area contributed by atoms with E-state index in [1.807, 2.05) is 50.2 Å². The van der Waals surface area contributed by atoms with Crippen molar-refractivity contribution in [2.45, 2.75) is 38.5 Å². The lowest BCUT2D eigenvalue weighted by atomic mass is 9.97. The van der Waals surface area contributed by atoms with Gasteiger partial charge in [-0.1, -0.05) is 55.4 Å². The lowest BCUT2D eigenvalue weighted by Crippen LogP contribution is -2.30. The number of aryl methyl sites for hydroxylation is 2. The van der Waals surface area contributed by atoms with Gasteiger partial charge in [0.2, 0.25) is 5.91 Å². The van der Waals surface area contributed by atoms with Crippen molar-refractivity contribution < 1.29 is 17.7 Å². The summed E-state index contributed by atoms with van der Waals surface area (Å²) in [5.41, 5.74) is 3.88. The van der Waals surface area contributed by atoms with Crippen LogP contribution in [0, 0.1) is 6.92 Å². The standard InChI is InChI=1S/C21H22N2O4S/c1-4-15-13-17(11-12-18(15)28(25,26)23-19(24)5-2)20-14(3)27-22-21(20)16-9-7-6-8-10-16/h6-13H,4-5H2,1-3H3,(H,23,24). The highest BCUT2D eigenvalue weighted by Crippen LogP contribution is 2.35. The molecule has 1 heterocycles. The number of sulfonamides is 1. The minimum atomic E-state index is -3.91. The zero-order valence-corrected chi connectivity index (χ0v) is 16.8. The van der Waals surface area contributed by atoms with Crippen molar-refractivity contribution in [1.82, 2.24) is 9.88 Å². The molecular formula is C21H22N2O4S. The smallest absolute Gasteiger partial charge is 0.264 e.